The van der Waals surface area contributed by atoms with Gasteiger partial charge in [0.2, 0.25) is 0 Å². The maximum absolute atomic E-state index is 3.42. The molecule has 1 atom stereocenters. The summed E-state index contributed by atoms with van der Waals surface area (Å²) in [5.41, 5.74) is 3.16. The van der Waals surface area contributed by atoms with Gasteiger partial charge in [-0.2, -0.15) is 0 Å². The second kappa shape index (κ2) is 7.69. The van der Waals surface area contributed by atoms with Gasteiger partial charge in [0.05, 0.1) is 0 Å². The number of hydrogen-bond donors (Lipinski definition) is 1. The Balaban J connectivity index is 2.42. The maximum Gasteiger partial charge on any atom is 0.00640 e. The van der Waals surface area contributed by atoms with Gasteiger partial charge in [0.25, 0.3) is 0 Å². The predicted molar refractivity (Wildman–Crippen MR) is 85.8 cm³/mol. The fourth-order valence-corrected chi connectivity index (χ4v) is 2.51. The van der Waals surface area contributed by atoms with Crippen LogP contribution in [0.1, 0.15) is 64.5 Å². The van der Waals surface area contributed by atoms with Gasteiger partial charge in [-0.15, -0.1) is 0 Å². The Morgan fingerprint density at radius 2 is 1.68 bits per heavy atom. The molecule has 1 aromatic carbocycles. The van der Waals surface area contributed by atoms with E-state index in [-0.39, 0.29) is 5.41 Å². The molecule has 0 aromatic heterocycles. The monoisotopic (exact) mass is 261 g/mol. The van der Waals surface area contributed by atoms with E-state index < -0.39 is 0 Å². The zero-order chi connectivity index (χ0) is 14.3. The van der Waals surface area contributed by atoms with E-state index in [4.69, 9.17) is 0 Å². The van der Waals surface area contributed by atoms with Crippen LogP contribution in [0.2, 0.25) is 0 Å². The fraction of sp³-hybridized carbons (Fsp3) is 0.667. The Labute approximate surface area is 119 Å². The van der Waals surface area contributed by atoms with Gasteiger partial charge in [-0.3, -0.25) is 0 Å². The summed E-state index contributed by atoms with van der Waals surface area (Å²) in [4.78, 5) is 0. The molecule has 1 heteroatoms. The van der Waals surface area contributed by atoms with E-state index in [1.54, 1.807) is 0 Å². The number of nitrogens with one attached hydrogen (secondary N) is 1. The summed E-state index contributed by atoms with van der Waals surface area (Å²) in [5.74, 6) is 0. The molecule has 1 N–H and O–H groups in total. The molecule has 0 heterocycles. The van der Waals surface area contributed by atoms with E-state index in [2.05, 4.69) is 64.3 Å². The summed E-state index contributed by atoms with van der Waals surface area (Å²) in [6, 6.07) is 9.87. The Kier molecular flexibility index (Phi) is 6.57. The van der Waals surface area contributed by atoms with E-state index in [1.807, 2.05) is 0 Å². The molecule has 0 amide bonds. The molecule has 0 bridgehead atoms. The molecule has 108 valence electrons. The summed E-state index contributed by atoms with van der Waals surface area (Å²) in [5, 5.41) is 3.42. The Morgan fingerprint density at radius 3 is 2.16 bits per heavy atom. The quantitative estimate of drug-likeness (QED) is 0.750. The number of hydrogen-bond acceptors (Lipinski definition) is 1. The van der Waals surface area contributed by atoms with Crippen LogP contribution >= 0.6 is 0 Å². The van der Waals surface area contributed by atoms with Crippen molar-refractivity contribution in [2.75, 3.05) is 7.05 Å². The summed E-state index contributed by atoms with van der Waals surface area (Å²) < 4.78 is 0. The minimum atomic E-state index is 0.261. The van der Waals surface area contributed by atoms with Crippen LogP contribution < -0.4 is 5.32 Å². The lowest BCUT2D eigenvalue weighted by molar-refractivity contribution is 0.469. The van der Waals surface area contributed by atoms with Crippen LogP contribution in [-0.2, 0) is 11.8 Å². The third-order valence-corrected chi connectivity index (χ3v) is 3.88. The first-order valence-corrected chi connectivity index (χ1v) is 7.74. The Hall–Kier alpha value is -0.820. The van der Waals surface area contributed by atoms with Crippen molar-refractivity contribution < 1.29 is 0 Å². The number of rotatable bonds is 7. The highest BCUT2D eigenvalue weighted by molar-refractivity contribution is 5.27. The minimum absolute atomic E-state index is 0.261. The molecule has 1 nitrogen and oxygen atoms in total. The van der Waals surface area contributed by atoms with E-state index >= 15 is 0 Å². The van der Waals surface area contributed by atoms with Crippen molar-refractivity contribution in [3.63, 3.8) is 0 Å². The second-order valence-electron chi connectivity index (χ2n) is 6.61. The van der Waals surface area contributed by atoms with Crippen LogP contribution in [0.5, 0.6) is 0 Å². The van der Waals surface area contributed by atoms with Gasteiger partial charge in [-0.25, -0.2) is 0 Å². The molecule has 0 saturated heterocycles. The Morgan fingerprint density at radius 1 is 1.05 bits per heavy atom. The van der Waals surface area contributed by atoms with Gasteiger partial charge >= 0.3 is 0 Å². The average Bonchev–Trinajstić information content (AvgIpc) is 2.37. The maximum atomic E-state index is 3.42. The highest BCUT2D eigenvalue weighted by Gasteiger charge is 2.12. The second-order valence-corrected chi connectivity index (χ2v) is 6.61. The molecule has 19 heavy (non-hydrogen) atoms. The molecule has 0 aliphatic rings. The summed E-state index contributed by atoms with van der Waals surface area (Å²) in [6.45, 7) is 9.06. The largest absolute Gasteiger partial charge is 0.317 e. The molecule has 1 unspecified atom stereocenters. The van der Waals surface area contributed by atoms with Crippen LogP contribution in [0.3, 0.4) is 0 Å². The zero-order valence-electron chi connectivity index (χ0n) is 13.4. The van der Waals surface area contributed by atoms with Gasteiger partial charge in [0, 0.05) is 6.04 Å². The SMILES string of the molecule is CCCC(CCCc1ccc(C(C)(C)C)cc1)NC. The van der Waals surface area contributed by atoms with Crippen LogP contribution in [0, 0.1) is 0 Å². The van der Waals surface area contributed by atoms with E-state index in [0.29, 0.717) is 6.04 Å². The molecule has 0 saturated carbocycles. The lowest BCUT2D eigenvalue weighted by Crippen LogP contribution is -2.24. The summed E-state index contributed by atoms with van der Waals surface area (Å²) in [7, 11) is 2.08. The molecule has 1 aromatic rings. The lowest BCUT2D eigenvalue weighted by atomic mass is 9.86. The molecule has 0 spiro atoms. The smallest absolute Gasteiger partial charge is 0.00640 e. The molecule has 0 fully saturated rings. The third kappa shape index (κ3) is 5.78. The topological polar surface area (TPSA) is 12.0 Å². The molecule has 0 radical (unpaired) electrons. The van der Waals surface area contributed by atoms with E-state index in [9.17, 15) is 0 Å². The summed E-state index contributed by atoms with van der Waals surface area (Å²) >= 11 is 0. The van der Waals surface area contributed by atoms with Crippen LogP contribution in [0.25, 0.3) is 0 Å². The number of benzene rings is 1. The van der Waals surface area contributed by atoms with Gasteiger partial charge < -0.3 is 5.32 Å². The van der Waals surface area contributed by atoms with Crippen molar-refractivity contribution in [2.45, 2.75) is 71.3 Å². The number of aryl methyl sites for hydroxylation is 1. The van der Waals surface area contributed by atoms with Crippen molar-refractivity contribution in [3.8, 4) is 0 Å². The van der Waals surface area contributed by atoms with Crippen molar-refractivity contribution in [1.82, 2.24) is 5.32 Å². The first kappa shape index (κ1) is 16.2. The first-order valence-electron chi connectivity index (χ1n) is 7.74. The molecule has 0 aliphatic carbocycles. The lowest BCUT2D eigenvalue weighted by Gasteiger charge is -2.19. The van der Waals surface area contributed by atoms with Gasteiger partial charge in [-0.05, 0) is 49.3 Å². The Bertz CT molecular complexity index is 345. The molecular weight excluding hydrogens is 230 g/mol. The first-order chi connectivity index (χ1) is 8.97. The van der Waals surface area contributed by atoms with Crippen LogP contribution in [-0.4, -0.2) is 13.1 Å². The molecular formula is C18H31N. The van der Waals surface area contributed by atoms with Gasteiger partial charge in [0.15, 0.2) is 0 Å². The van der Waals surface area contributed by atoms with Gasteiger partial charge in [-0.1, -0.05) is 58.4 Å². The van der Waals surface area contributed by atoms with Crippen molar-refractivity contribution >= 4 is 0 Å². The molecule has 0 aliphatic heterocycles. The normalized spacial score (nSPS) is 13.5. The average molecular weight is 261 g/mol. The summed E-state index contributed by atoms with van der Waals surface area (Å²) in [6.07, 6.45) is 6.32. The van der Waals surface area contributed by atoms with E-state index in [0.717, 1.165) is 0 Å². The van der Waals surface area contributed by atoms with Crippen molar-refractivity contribution in [3.05, 3.63) is 35.4 Å². The molecule has 1 rings (SSSR count). The van der Waals surface area contributed by atoms with Crippen molar-refractivity contribution in [2.24, 2.45) is 0 Å². The van der Waals surface area contributed by atoms with Crippen LogP contribution in [0.15, 0.2) is 24.3 Å². The van der Waals surface area contributed by atoms with Crippen molar-refractivity contribution in [1.29, 1.82) is 0 Å². The standard InChI is InChI=1S/C18H31N/c1-6-8-17(19-5)10-7-9-15-11-13-16(14-12-15)18(2,3)4/h11-14,17,19H,6-10H2,1-5H3. The highest BCUT2D eigenvalue weighted by atomic mass is 14.9. The van der Waals surface area contributed by atoms with E-state index in [1.165, 1.54) is 43.2 Å². The van der Waals surface area contributed by atoms with Gasteiger partial charge in [0.1, 0.15) is 0 Å². The third-order valence-electron chi connectivity index (χ3n) is 3.88. The van der Waals surface area contributed by atoms with Crippen LogP contribution in [0.4, 0.5) is 0 Å². The minimum Gasteiger partial charge on any atom is -0.317 e. The zero-order valence-corrected chi connectivity index (χ0v) is 13.4. The fourth-order valence-electron chi connectivity index (χ4n) is 2.51. The highest BCUT2D eigenvalue weighted by Crippen LogP contribution is 2.22. The predicted octanol–water partition coefficient (Wildman–Crippen LogP) is 4.69.